The normalized spacial score (nSPS) is 11.3. The molecule has 0 aliphatic rings. The van der Waals surface area contributed by atoms with Gasteiger partial charge in [0.25, 0.3) is 0 Å². The molecule has 26 heavy (non-hydrogen) atoms. The molecular weight excluding hydrogens is 324 g/mol. The Morgan fingerprint density at radius 3 is 2.58 bits per heavy atom. The first-order valence-corrected chi connectivity index (χ1v) is 8.63. The molecule has 0 saturated heterocycles. The van der Waals surface area contributed by atoms with Crippen LogP contribution < -0.4 is 10.2 Å². The molecule has 0 fully saturated rings. The zero-order valence-corrected chi connectivity index (χ0v) is 15.7. The summed E-state index contributed by atoms with van der Waals surface area (Å²) >= 11 is 0. The number of carbonyl (C=O) groups excluding carboxylic acids is 1. The van der Waals surface area contributed by atoms with E-state index in [-0.39, 0.29) is 11.3 Å². The third-order valence-corrected chi connectivity index (χ3v) is 3.81. The molecule has 2 aromatic carbocycles. The maximum Gasteiger partial charge on any atom is 0.244 e. The number of nitrogens with one attached hydrogen (secondary N) is 1. The van der Waals surface area contributed by atoms with Crippen LogP contribution in [0.1, 0.15) is 37.5 Å². The van der Waals surface area contributed by atoms with E-state index in [4.69, 9.17) is 4.74 Å². The lowest BCUT2D eigenvalue weighted by Crippen LogP contribution is -2.20. The van der Waals surface area contributed by atoms with Gasteiger partial charge in [0.1, 0.15) is 12.4 Å². The van der Waals surface area contributed by atoms with Crippen LogP contribution >= 0.6 is 0 Å². The molecule has 0 bridgehead atoms. The molecule has 2 rings (SSSR count). The number of amides is 1. The fourth-order valence-electron chi connectivity index (χ4n) is 2.37. The fourth-order valence-corrected chi connectivity index (χ4v) is 2.37. The summed E-state index contributed by atoms with van der Waals surface area (Å²) in [5.74, 6) is 0.586. The fraction of sp³-hybridized carbons (Fsp3) is 0.273. The minimum atomic E-state index is -0.149. The average molecular weight is 350 g/mol. The van der Waals surface area contributed by atoms with Crippen LogP contribution in [0.5, 0.6) is 5.75 Å². The standard InChI is InChI=1S/C22H26N2O2/c1-5-13-26-20-8-6-7-18(14-20)16-23-24-21(25)15-17-9-11-19(12-10-17)22(2,3)4/h5-12,14,16H,1,13,15H2,2-4H3,(H,24,25)/b23-16-. The van der Waals surface area contributed by atoms with Gasteiger partial charge in [-0.15, -0.1) is 0 Å². The van der Waals surface area contributed by atoms with Gasteiger partial charge in [-0.05, 0) is 34.2 Å². The van der Waals surface area contributed by atoms with Crippen molar-refractivity contribution >= 4 is 12.1 Å². The van der Waals surface area contributed by atoms with Crippen molar-refractivity contribution in [3.63, 3.8) is 0 Å². The van der Waals surface area contributed by atoms with Gasteiger partial charge in [-0.1, -0.05) is 69.8 Å². The van der Waals surface area contributed by atoms with E-state index in [2.05, 4.69) is 50.0 Å². The molecule has 0 saturated carbocycles. The summed E-state index contributed by atoms with van der Waals surface area (Å²) in [7, 11) is 0. The molecule has 0 radical (unpaired) electrons. The molecule has 0 spiro atoms. The quantitative estimate of drug-likeness (QED) is 0.461. The van der Waals surface area contributed by atoms with Gasteiger partial charge in [0, 0.05) is 0 Å². The molecule has 0 aromatic heterocycles. The Morgan fingerprint density at radius 2 is 1.92 bits per heavy atom. The van der Waals surface area contributed by atoms with E-state index in [0.717, 1.165) is 16.9 Å². The van der Waals surface area contributed by atoms with E-state index in [1.54, 1.807) is 12.3 Å². The number of rotatable bonds is 7. The molecule has 0 unspecified atom stereocenters. The predicted octanol–water partition coefficient (Wildman–Crippen LogP) is 4.24. The van der Waals surface area contributed by atoms with Crippen molar-refractivity contribution in [1.82, 2.24) is 5.43 Å². The lowest BCUT2D eigenvalue weighted by Gasteiger charge is -2.19. The lowest BCUT2D eigenvalue weighted by atomic mass is 9.86. The van der Waals surface area contributed by atoms with Gasteiger partial charge >= 0.3 is 0 Å². The van der Waals surface area contributed by atoms with Crippen LogP contribution in [0.2, 0.25) is 0 Å². The zero-order chi connectivity index (χ0) is 19.0. The second-order valence-electron chi connectivity index (χ2n) is 7.09. The topological polar surface area (TPSA) is 50.7 Å². The number of benzene rings is 2. The van der Waals surface area contributed by atoms with E-state index in [1.807, 2.05) is 36.4 Å². The summed E-state index contributed by atoms with van der Waals surface area (Å²) in [5, 5.41) is 4.02. The van der Waals surface area contributed by atoms with Crippen LogP contribution in [0, 0.1) is 0 Å². The van der Waals surface area contributed by atoms with Crippen molar-refractivity contribution in [3.05, 3.63) is 77.9 Å². The Bertz CT molecular complexity index is 771. The number of hydrogen-bond donors (Lipinski definition) is 1. The maximum absolute atomic E-state index is 12.0. The van der Waals surface area contributed by atoms with Crippen LogP contribution in [0.3, 0.4) is 0 Å². The molecule has 0 heterocycles. The van der Waals surface area contributed by atoms with Crippen LogP contribution in [-0.2, 0) is 16.6 Å². The van der Waals surface area contributed by atoms with E-state index in [1.165, 1.54) is 5.56 Å². The predicted molar refractivity (Wildman–Crippen MR) is 107 cm³/mol. The first kappa shape index (κ1) is 19.4. The zero-order valence-electron chi connectivity index (χ0n) is 15.7. The second kappa shape index (κ2) is 8.99. The average Bonchev–Trinajstić information content (AvgIpc) is 2.60. The highest BCUT2D eigenvalue weighted by Crippen LogP contribution is 2.22. The number of hydrogen-bond acceptors (Lipinski definition) is 3. The van der Waals surface area contributed by atoms with Gasteiger partial charge in [0.15, 0.2) is 0 Å². The van der Waals surface area contributed by atoms with Crippen LogP contribution in [0.15, 0.2) is 66.3 Å². The summed E-state index contributed by atoms with van der Waals surface area (Å²) in [6, 6.07) is 15.6. The van der Waals surface area contributed by atoms with Gasteiger partial charge in [-0.25, -0.2) is 5.43 Å². The highest BCUT2D eigenvalue weighted by Gasteiger charge is 2.13. The molecule has 4 heteroatoms. The van der Waals surface area contributed by atoms with Crippen LogP contribution in [-0.4, -0.2) is 18.7 Å². The van der Waals surface area contributed by atoms with E-state index in [9.17, 15) is 4.79 Å². The van der Waals surface area contributed by atoms with E-state index in [0.29, 0.717) is 13.0 Å². The van der Waals surface area contributed by atoms with Crippen molar-refractivity contribution in [1.29, 1.82) is 0 Å². The maximum atomic E-state index is 12.0. The second-order valence-corrected chi connectivity index (χ2v) is 7.09. The SMILES string of the molecule is C=CCOc1cccc(/C=N\NC(=O)Cc2ccc(C(C)(C)C)cc2)c1. The van der Waals surface area contributed by atoms with Gasteiger partial charge in [0.05, 0.1) is 12.6 Å². The smallest absolute Gasteiger partial charge is 0.244 e. The largest absolute Gasteiger partial charge is 0.490 e. The molecule has 136 valence electrons. The van der Waals surface area contributed by atoms with Crippen molar-refractivity contribution in [2.75, 3.05) is 6.61 Å². The Hall–Kier alpha value is -2.88. The molecule has 0 atom stereocenters. The first-order valence-electron chi connectivity index (χ1n) is 8.63. The number of ether oxygens (including phenoxy) is 1. The van der Waals surface area contributed by atoms with Gasteiger partial charge in [-0.2, -0.15) is 5.10 Å². The third-order valence-electron chi connectivity index (χ3n) is 3.81. The van der Waals surface area contributed by atoms with Gasteiger partial charge in [0.2, 0.25) is 5.91 Å². The van der Waals surface area contributed by atoms with Gasteiger partial charge < -0.3 is 4.74 Å². The molecule has 2 aromatic rings. The summed E-state index contributed by atoms with van der Waals surface area (Å²) in [4.78, 5) is 12.0. The Kier molecular flexibility index (Phi) is 6.73. The Labute approximate surface area is 155 Å². The van der Waals surface area contributed by atoms with Gasteiger partial charge in [-0.3, -0.25) is 4.79 Å². The Balaban J connectivity index is 1.88. The Morgan fingerprint density at radius 1 is 1.19 bits per heavy atom. The minimum absolute atomic E-state index is 0.106. The minimum Gasteiger partial charge on any atom is -0.490 e. The molecule has 0 aliphatic heterocycles. The number of carbonyl (C=O) groups is 1. The summed E-state index contributed by atoms with van der Waals surface area (Å²) < 4.78 is 5.47. The summed E-state index contributed by atoms with van der Waals surface area (Å²) in [6.45, 7) is 10.6. The molecule has 1 N–H and O–H groups in total. The van der Waals surface area contributed by atoms with Crippen molar-refractivity contribution in [3.8, 4) is 5.75 Å². The lowest BCUT2D eigenvalue weighted by molar-refractivity contribution is -0.120. The van der Waals surface area contributed by atoms with E-state index < -0.39 is 0 Å². The monoisotopic (exact) mass is 350 g/mol. The van der Waals surface area contributed by atoms with Crippen LogP contribution in [0.25, 0.3) is 0 Å². The molecule has 1 amide bonds. The molecule has 4 nitrogen and oxygen atoms in total. The third kappa shape index (κ3) is 6.20. The molecular formula is C22H26N2O2. The van der Waals surface area contributed by atoms with Crippen molar-refractivity contribution < 1.29 is 9.53 Å². The first-order chi connectivity index (χ1) is 12.4. The molecule has 0 aliphatic carbocycles. The number of nitrogens with zero attached hydrogens (tertiary/aromatic N) is 1. The van der Waals surface area contributed by atoms with Crippen LogP contribution in [0.4, 0.5) is 0 Å². The summed E-state index contributed by atoms with van der Waals surface area (Å²) in [6.07, 6.45) is 3.58. The number of hydrazone groups is 1. The highest BCUT2D eigenvalue weighted by molar-refractivity contribution is 5.83. The summed E-state index contributed by atoms with van der Waals surface area (Å²) in [5.41, 5.74) is 5.73. The van der Waals surface area contributed by atoms with E-state index >= 15 is 0 Å². The highest BCUT2D eigenvalue weighted by atomic mass is 16.5. The van der Waals surface area contributed by atoms with Crippen molar-refractivity contribution in [2.45, 2.75) is 32.6 Å². The van der Waals surface area contributed by atoms with Crippen molar-refractivity contribution in [2.24, 2.45) is 5.10 Å².